The largest absolute Gasteiger partial charge is 0.493 e. The van der Waals surface area contributed by atoms with Gasteiger partial charge in [0, 0.05) is 29.2 Å². The van der Waals surface area contributed by atoms with Gasteiger partial charge in [-0.15, -0.1) is 0 Å². The fourth-order valence-corrected chi connectivity index (χ4v) is 2.27. The molecule has 0 radical (unpaired) electrons. The van der Waals surface area contributed by atoms with Crippen LogP contribution >= 0.6 is 15.9 Å². The third kappa shape index (κ3) is 4.35. The van der Waals surface area contributed by atoms with E-state index in [0.29, 0.717) is 6.54 Å². The molecular weight excluding hydrogens is 320 g/mol. The lowest BCUT2D eigenvalue weighted by atomic mass is 10.2. The van der Waals surface area contributed by atoms with Crippen molar-refractivity contribution < 1.29 is 9.26 Å². The molecule has 4 nitrogen and oxygen atoms in total. The number of benzene rings is 1. The normalized spacial score (nSPS) is 10.8. The molecule has 0 fully saturated rings. The second kappa shape index (κ2) is 7.45. The highest BCUT2D eigenvalue weighted by Crippen LogP contribution is 2.23. The Morgan fingerprint density at radius 3 is 2.85 bits per heavy atom. The summed E-state index contributed by atoms with van der Waals surface area (Å²) >= 11 is 3.49. The van der Waals surface area contributed by atoms with Gasteiger partial charge in [-0.25, -0.2) is 0 Å². The molecule has 0 atom stereocenters. The van der Waals surface area contributed by atoms with Crippen LogP contribution in [0.2, 0.25) is 0 Å². The maximum absolute atomic E-state index is 5.75. The highest BCUT2D eigenvalue weighted by atomic mass is 79.9. The van der Waals surface area contributed by atoms with E-state index in [1.165, 1.54) is 0 Å². The number of nitrogens with one attached hydrogen (secondary N) is 1. The SMILES string of the molecule is CCCOc1ccc(Br)cc1CNCc1cc(C)on1. The van der Waals surface area contributed by atoms with Crippen LogP contribution in [0.3, 0.4) is 0 Å². The molecule has 2 rings (SSSR count). The van der Waals surface area contributed by atoms with Crippen molar-refractivity contribution in [2.75, 3.05) is 6.61 Å². The van der Waals surface area contributed by atoms with Gasteiger partial charge in [0.15, 0.2) is 0 Å². The van der Waals surface area contributed by atoms with E-state index in [9.17, 15) is 0 Å². The molecule has 1 aromatic heterocycles. The fourth-order valence-electron chi connectivity index (χ4n) is 1.87. The minimum Gasteiger partial charge on any atom is -0.493 e. The first-order valence-electron chi connectivity index (χ1n) is 6.73. The van der Waals surface area contributed by atoms with Crippen LogP contribution in [0, 0.1) is 6.92 Å². The number of rotatable bonds is 7. The number of nitrogens with zero attached hydrogens (tertiary/aromatic N) is 1. The van der Waals surface area contributed by atoms with E-state index in [4.69, 9.17) is 9.26 Å². The molecule has 0 aliphatic rings. The Kier molecular flexibility index (Phi) is 5.61. The van der Waals surface area contributed by atoms with E-state index >= 15 is 0 Å². The molecule has 1 aromatic carbocycles. The molecule has 1 N–H and O–H groups in total. The van der Waals surface area contributed by atoms with Crippen molar-refractivity contribution in [2.24, 2.45) is 0 Å². The lowest BCUT2D eigenvalue weighted by Crippen LogP contribution is -2.14. The minimum atomic E-state index is 0.678. The number of aryl methyl sites for hydroxylation is 1. The van der Waals surface area contributed by atoms with Gasteiger partial charge in [-0.1, -0.05) is 28.0 Å². The zero-order chi connectivity index (χ0) is 14.4. The van der Waals surface area contributed by atoms with Crippen molar-refractivity contribution in [1.29, 1.82) is 0 Å². The predicted octanol–water partition coefficient (Wildman–Crippen LogP) is 3.82. The molecule has 0 saturated carbocycles. The van der Waals surface area contributed by atoms with Gasteiger partial charge < -0.3 is 14.6 Å². The maximum atomic E-state index is 5.75. The fraction of sp³-hybridized carbons (Fsp3) is 0.400. The van der Waals surface area contributed by atoms with Crippen LogP contribution in [-0.2, 0) is 13.1 Å². The van der Waals surface area contributed by atoms with Gasteiger partial charge in [-0.05, 0) is 31.5 Å². The van der Waals surface area contributed by atoms with Crippen molar-refractivity contribution in [3.05, 3.63) is 45.8 Å². The lowest BCUT2D eigenvalue weighted by Gasteiger charge is -2.12. The number of hydrogen-bond acceptors (Lipinski definition) is 4. The summed E-state index contributed by atoms with van der Waals surface area (Å²) in [5.74, 6) is 1.76. The average molecular weight is 339 g/mol. The second-order valence-electron chi connectivity index (χ2n) is 4.63. The molecule has 0 aliphatic carbocycles. The first-order valence-corrected chi connectivity index (χ1v) is 7.52. The number of ether oxygens (including phenoxy) is 1. The summed E-state index contributed by atoms with van der Waals surface area (Å²) in [6.45, 7) is 6.13. The summed E-state index contributed by atoms with van der Waals surface area (Å²) in [6, 6.07) is 8.00. The Hall–Kier alpha value is -1.33. The monoisotopic (exact) mass is 338 g/mol. The second-order valence-corrected chi connectivity index (χ2v) is 5.55. The molecular formula is C15H19BrN2O2. The third-order valence-corrected chi connectivity index (χ3v) is 3.28. The molecule has 0 saturated heterocycles. The maximum Gasteiger partial charge on any atom is 0.133 e. The van der Waals surface area contributed by atoms with Gasteiger partial charge in [-0.3, -0.25) is 0 Å². The minimum absolute atomic E-state index is 0.678. The van der Waals surface area contributed by atoms with Crippen LogP contribution in [0.1, 0.15) is 30.4 Å². The van der Waals surface area contributed by atoms with Gasteiger partial charge in [0.1, 0.15) is 11.5 Å². The standard InChI is InChI=1S/C15H19BrN2O2/c1-3-6-19-15-5-4-13(16)8-12(15)9-17-10-14-7-11(2)20-18-14/h4-5,7-8,17H,3,6,9-10H2,1-2H3. The zero-order valence-electron chi connectivity index (χ0n) is 11.8. The van der Waals surface area contributed by atoms with E-state index < -0.39 is 0 Å². The molecule has 5 heteroatoms. The van der Waals surface area contributed by atoms with E-state index in [0.717, 1.165) is 46.8 Å². The van der Waals surface area contributed by atoms with Crippen LogP contribution in [0.25, 0.3) is 0 Å². The predicted molar refractivity (Wildman–Crippen MR) is 81.7 cm³/mol. The Bertz CT molecular complexity index is 555. The molecule has 0 bridgehead atoms. The first kappa shape index (κ1) is 15.1. The first-order chi connectivity index (χ1) is 9.69. The van der Waals surface area contributed by atoms with Gasteiger partial charge in [0.25, 0.3) is 0 Å². The van der Waals surface area contributed by atoms with E-state index in [1.54, 1.807) is 0 Å². The van der Waals surface area contributed by atoms with Crippen molar-refractivity contribution in [2.45, 2.75) is 33.4 Å². The zero-order valence-corrected chi connectivity index (χ0v) is 13.4. The highest BCUT2D eigenvalue weighted by Gasteiger charge is 2.05. The average Bonchev–Trinajstić information content (AvgIpc) is 2.84. The van der Waals surface area contributed by atoms with Gasteiger partial charge in [0.05, 0.1) is 12.3 Å². The third-order valence-electron chi connectivity index (χ3n) is 2.78. The Labute approximate surface area is 127 Å². The van der Waals surface area contributed by atoms with Crippen molar-refractivity contribution in [3.63, 3.8) is 0 Å². The van der Waals surface area contributed by atoms with E-state index in [1.807, 2.05) is 25.1 Å². The summed E-state index contributed by atoms with van der Waals surface area (Å²) in [5, 5.41) is 7.31. The van der Waals surface area contributed by atoms with Crippen molar-refractivity contribution in [3.8, 4) is 5.75 Å². The quantitative estimate of drug-likeness (QED) is 0.833. The smallest absolute Gasteiger partial charge is 0.133 e. The van der Waals surface area contributed by atoms with Gasteiger partial charge in [-0.2, -0.15) is 0 Å². The molecule has 20 heavy (non-hydrogen) atoms. The van der Waals surface area contributed by atoms with Crippen LogP contribution in [0.5, 0.6) is 5.75 Å². The molecule has 0 spiro atoms. The van der Waals surface area contributed by atoms with Gasteiger partial charge in [0.2, 0.25) is 0 Å². The molecule has 0 aliphatic heterocycles. The van der Waals surface area contributed by atoms with Crippen molar-refractivity contribution in [1.82, 2.24) is 10.5 Å². The molecule has 0 amide bonds. The summed E-state index contributed by atoms with van der Waals surface area (Å²) < 4.78 is 11.8. The Morgan fingerprint density at radius 2 is 2.15 bits per heavy atom. The molecule has 0 unspecified atom stereocenters. The molecule has 1 heterocycles. The topological polar surface area (TPSA) is 47.3 Å². The van der Waals surface area contributed by atoms with E-state index in [2.05, 4.69) is 39.4 Å². The summed E-state index contributed by atoms with van der Waals surface area (Å²) in [7, 11) is 0. The van der Waals surface area contributed by atoms with Crippen LogP contribution in [-0.4, -0.2) is 11.8 Å². The van der Waals surface area contributed by atoms with Crippen LogP contribution in [0.15, 0.2) is 33.3 Å². The van der Waals surface area contributed by atoms with Crippen LogP contribution in [0.4, 0.5) is 0 Å². The lowest BCUT2D eigenvalue weighted by molar-refractivity contribution is 0.313. The highest BCUT2D eigenvalue weighted by molar-refractivity contribution is 9.10. The summed E-state index contributed by atoms with van der Waals surface area (Å²) in [4.78, 5) is 0. The summed E-state index contributed by atoms with van der Waals surface area (Å²) in [6.07, 6.45) is 1.00. The van der Waals surface area contributed by atoms with E-state index in [-0.39, 0.29) is 0 Å². The summed E-state index contributed by atoms with van der Waals surface area (Å²) in [5.41, 5.74) is 2.04. The molecule has 2 aromatic rings. The molecule has 108 valence electrons. The number of halogens is 1. The van der Waals surface area contributed by atoms with Gasteiger partial charge >= 0.3 is 0 Å². The number of hydrogen-bond donors (Lipinski definition) is 1. The van der Waals surface area contributed by atoms with Crippen LogP contribution < -0.4 is 10.1 Å². The van der Waals surface area contributed by atoms with Crippen molar-refractivity contribution >= 4 is 15.9 Å². The Morgan fingerprint density at radius 1 is 1.30 bits per heavy atom. The Balaban J connectivity index is 1.95. The number of aromatic nitrogens is 1.